The van der Waals surface area contributed by atoms with Gasteiger partial charge in [-0.05, 0) is 23.1 Å². The van der Waals surface area contributed by atoms with Crippen molar-refractivity contribution >= 4 is 23.1 Å². The molecule has 0 aliphatic rings. The summed E-state index contributed by atoms with van der Waals surface area (Å²) in [6, 6.07) is 12.5. The van der Waals surface area contributed by atoms with Crippen LogP contribution in [0, 0.1) is 11.8 Å². The summed E-state index contributed by atoms with van der Waals surface area (Å²) >= 11 is 3.62. The fourth-order valence-corrected chi connectivity index (χ4v) is 3.20. The number of benzene rings is 1. The van der Waals surface area contributed by atoms with E-state index >= 15 is 0 Å². The Labute approximate surface area is 110 Å². The summed E-state index contributed by atoms with van der Waals surface area (Å²) in [5, 5.41) is 2.10. The molecule has 0 saturated carbocycles. The lowest BCUT2D eigenvalue weighted by Gasteiger charge is -2.02. The van der Waals surface area contributed by atoms with Crippen LogP contribution >= 0.6 is 23.1 Å². The molecule has 0 unspecified atom stereocenters. The van der Waals surface area contributed by atoms with Crippen LogP contribution < -0.4 is 5.73 Å². The Hall–Kier alpha value is -1.21. The van der Waals surface area contributed by atoms with E-state index in [9.17, 15) is 0 Å². The number of hydrogen-bond acceptors (Lipinski definition) is 3. The summed E-state index contributed by atoms with van der Waals surface area (Å²) in [5.41, 5.74) is 7.76. The molecule has 2 N–H and O–H groups in total. The van der Waals surface area contributed by atoms with Crippen LogP contribution in [-0.4, -0.2) is 6.54 Å². The highest BCUT2D eigenvalue weighted by atomic mass is 32.2. The topological polar surface area (TPSA) is 26.0 Å². The van der Waals surface area contributed by atoms with Crippen LogP contribution in [0.15, 0.2) is 46.0 Å². The number of thiophene rings is 1. The SMILES string of the molecule is NCC#Cc1ccccc1CSc1cccs1. The first kappa shape index (κ1) is 12.3. The smallest absolute Gasteiger partial charge is 0.0601 e. The second-order valence-corrected chi connectivity index (χ2v) is 5.61. The van der Waals surface area contributed by atoms with E-state index in [0.717, 1.165) is 11.3 Å². The lowest BCUT2D eigenvalue weighted by Crippen LogP contribution is -1.94. The molecule has 0 amide bonds. The molecule has 0 aliphatic carbocycles. The summed E-state index contributed by atoms with van der Waals surface area (Å²) in [4.78, 5) is 0. The maximum atomic E-state index is 5.40. The second kappa shape index (κ2) is 6.51. The molecule has 2 aromatic rings. The van der Waals surface area contributed by atoms with Crippen LogP contribution in [0.4, 0.5) is 0 Å². The molecule has 1 nitrogen and oxygen atoms in total. The van der Waals surface area contributed by atoms with Crippen LogP contribution in [-0.2, 0) is 5.75 Å². The molecular weight excluding hydrogens is 246 g/mol. The van der Waals surface area contributed by atoms with Gasteiger partial charge in [0.1, 0.15) is 0 Å². The van der Waals surface area contributed by atoms with Gasteiger partial charge < -0.3 is 5.73 Å². The molecule has 1 heterocycles. The summed E-state index contributed by atoms with van der Waals surface area (Å²) < 4.78 is 1.34. The van der Waals surface area contributed by atoms with Crippen molar-refractivity contribution in [1.29, 1.82) is 0 Å². The minimum Gasteiger partial charge on any atom is -0.320 e. The number of hydrogen-bond donors (Lipinski definition) is 1. The standard InChI is InChI=1S/C14H13NS2/c15-9-3-7-12-5-1-2-6-13(12)11-17-14-8-4-10-16-14/h1-2,4-6,8,10H,9,11,15H2. The van der Waals surface area contributed by atoms with Gasteiger partial charge in [-0.25, -0.2) is 0 Å². The third kappa shape index (κ3) is 3.64. The van der Waals surface area contributed by atoms with Crippen molar-refractivity contribution in [3.05, 3.63) is 52.9 Å². The quantitative estimate of drug-likeness (QED) is 0.676. The Morgan fingerprint density at radius 2 is 2.06 bits per heavy atom. The van der Waals surface area contributed by atoms with E-state index in [2.05, 4.69) is 41.5 Å². The summed E-state index contributed by atoms with van der Waals surface area (Å²) in [6.07, 6.45) is 0. The zero-order chi connectivity index (χ0) is 11.9. The lowest BCUT2D eigenvalue weighted by molar-refractivity contribution is 1.30. The molecule has 0 bridgehead atoms. The highest BCUT2D eigenvalue weighted by Gasteiger charge is 2.01. The number of thioether (sulfide) groups is 1. The van der Waals surface area contributed by atoms with E-state index in [0.29, 0.717) is 6.54 Å². The molecule has 0 fully saturated rings. The minimum atomic E-state index is 0.409. The molecule has 2 rings (SSSR count). The monoisotopic (exact) mass is 259 g/mol. The van der Waals surface area contributed by atoms with E-state index in [1.54, 1.807) is 11.3 Å². The second-order valence-electron chi connectivity index (χ2n) is 3.38. The van der Waals surface area contributed by atoms with Crippen molar-refractivity contribution in [3.8, 4) is 11.8 Å². The van der Waals surface area contributed by atoms with Crippen molar-refractivity contribution in [3.63, 3.8) is 0 Å². The summed E-state index contributed by atoms with van der Waals surface area (Å²) in [7, 11) is 0. The van der Waals surface area contributed by atoms with Crippen LogP contribution in [0.5, 0.6) is 0 Å². The lowest BCUT2D eigenvalue weighted by atomic mass is 10.1. The molecule has 1 aromatic heterocycles. The van der Waals surface area contributed by atoms with Gasteiger partial charge in [0.2, 0.25) is 0 Å². The van der Waals surface area contributed by atoms with Gasteiger partial charge in [0.05, 0.1) is 10.8 Å². The first-order chi connectivity index (χ1) is 8.40. The van der Waals surface area contributed by atoms with Crippen molar-refractivity contribution in [2.45, 2.75) is 9.96 Å². The van der Waals surface area contributed by atoms with Crippen LogP contribution in [0.3, 0.4) is 0 Å². The third-order valence-corrected chi connectivity index (χ3v) is 4.39. The van der Waals surface area contributed by atoms with Crippen LogP contribution in [0.25, 0.3) is 0 Å². The predicted octanol–water partition coefficient (Wildman–Crippen LogP) is 3.35. The normalized spacial score (nSPS) is 9.71. The van der Waals surface area contributed by atoms with Gasteiger partial charge in [-0.15, -0.1) is 23.1 Å². The maximum absolute atomic E-state index is 5.40. The Morgan fingerprint density at radius 3 is 2.82 bits per heavy atom. The van der Waals surface area contributed by atoms with Gasteiger partial charge >= 0.3 is 0 Å². The largest absolute Gasteiger partial charge is 0.320 e. The van der Waals surface area contributed by atoms with Crippen molar-refractivity contribution in [2.75, 3.05) is 6.54 Å². The Kier molecular flexibility index (Phi) is 4.69. The highest BCUT2D eigenvalue weighted by molar-refractivity contribution is 8.00. The van der Waals surface area contributed by atoms with E-state index in [-0.39, 0.29) is 0 Å². The van der Waals surface area contributed by atoms with Gasteiger partial charge in [0.15, 0.2) is 0 Å². The van der Waals surface area contributed by atoms with E-state index in [1.807, 2.05) is 23.9 Å². The Balaban J connectivity index is 2.09. The third-order valence-electron chi connectivity index (χ3n) is 2.21. The van der Waals surface area contributed by atoms with Gasteiger partial charge in [-0.1, -0.05) is 36.1 Å². The average molecular weight is 259 g/mol. The summed E-state index contributed by atoms with van der Waals surface area (Å²) in [5.74, 6) is 6.98. The zero-order valence-corrected chi connectivity index (χ0v) is 11.0. The fraction of sp³-hybridized carbons (Fsp3) is 0.143. The molecule has 3 heteroatoms. The number of nitrogens with two attached hydrogens (primary N) is 1. The van der Waals surface area contributed by atoms with Crippen molar-refractivity contribution in [2.24, 2.45) is 5.73 Å². The minimum absolute atomic E-state index is 0.409. The predicted molar refractivity (Wildman–Crippen MR) is 76.3 cm³/mol. The van der Waals surface area contributed by atoms with Gasteiger partial charge in [0, 0.05) is 11.3 Å². The Morgan fingerprint density at radius 1 is 1.18 bits per heavy atom. The van der Waals surface area contributed by atoms with Crippen LogP contribution in [0.2, 0.25) is 0 Å². The molecule has 1 aromatic carbocycles. The van der Waals surface area contributed by atoms with Gasteiger partial charge in [-0.2, -0.15) is 0 Å². The van der Waals surface area contributed by atoms with Crippen molar-refractivity contribution < 1.29 is 0 Å². The molecule has 0 saturated heterocycles. The molecule has 0 spiro atoms. The molecule has 0 atom stereocenters. The first-order valence-corrected chi connectivity index (χ1v) is 7.20. The highest BCUT2D eigenvalue weighted by Crippen LogP contribution is 2.27. The zero-order valence-electron chi connectivity index (χ0n) is 9.35. The molecule has 17 heavy (non-hydrogen) atoms. The average Bonchev–Trinajstić information content (AvgIpc) is 2.88. The number of rotatable bonds is 3. The van der Waals surface area contributed by atoms with Crippen LogP contribution in [0.1, 0.15) is 11.1 Å². The van der Waals surface area contributed by atoms with E-state index in [4.69, 9.17) is 5.73 Å². The molecular formula is C14H13NS2. The van der Waals surface area contributed by atoms with Gasteiger partial charge in [-0.3, -0.25) is 0 Å². The van der Waals surface area contributed by atoms with Gasteiger partial charge in [0.25, 0.3) is 0 Å². The molecule has 86 valence electrons. The molecule has 0 radical (unpaired) electrons. The first-order valence-electron chi connectivity index (χ1n) is 5.33. The maximum Gasteiger partial charge on any atom is 0.0601 e. The summed E-state index contributed by atoms with van der Waals surface area (Å²) in [6.45, 7) is 0.409. The van der Waals surface area contributed by atoms with E-state index in [1.165, 1.54) is 9.77 Å². The van der Waals surface area contributed by atoms with E-state index < -0.39 is 0 Å². The molecule has 0 aliphatic heterocycles. The Bertz CT molecular complexity index is 521. The fourth-order valence-electron chi connectivity index (χ4n) is 1.41. The van der Waals surface area contributed by atoms with Crippen molar-refractivity contribution in [1.82, 2.24) is 0 Å².